The zero-order valence-electron chi connectivity index (χ0n) is 21.9. The number of carbonyl (C=O) groups excluding carboxylic acids is 1. The van der Waals surface area contributed by atoms with Crippen LogP contribution in [0.4, 0.5) is 17.5 Å². The Kier molecular flexibility index (Phi) is 6.25. The molecule has 10 heteroatoms. The summed E-state index contributed by atoms with van der Waals surface area (Å²) < 4.78 is 7.75. The first-order valence-corrected chi connectivity index (χ1v) is 14.2. The van der Waals surface area contributed by atoms with Gasteiger partial charge in [-0.15, -0.1) is 0 Å². The van der Waals surface area contributed by atoms with Gasteiger partial charge in [0.2, 0.25) is 5.95 Å². The van der Waals surface area contributed by atoms with Crippen LogP contribution in [0.15, 0.2) is 30.6 Å². The highest BCUT2D eigenvalue weighted by Crippen LogP contribution is 2.45. The van der Waals surface area contributed by atoms with Gasteiger partial charge in [0, 0.05) is 62.8 Å². The van der Waals surface area contributed by atoms with E-state index >= 15 is 0 Å². The predicted molar refractivity (Wildman–Crippen MR) is 146 cm³/mol. The predicted octanol–water partition coefficient (Wildman–Crippen LogP) is 3.58. The average Bonchev–Trinajstić information content (AvgIpc) is 3.38. The van der Waals surface area contributed by atoms with Crippen LogP contribution in [0, 0.1) is 0 Å². The lowest BCUT2D eigenvalue weighted by Gasteiger charge is -2.43. The number of ether oxygens (including phenoxy) is 1. The summed E-state index contributed by atoms with van der Waals surface area (Å²) in [6.07, 6.45) is 11.2. The molecule has 0 aromatic carbocycles. The van der Waals surface area contributed by atoms with Gasteiger partial charge in [-0.3, -0.25) is 4.79 Å². The van der Waals surface area contributed by atoms with E-state index in [0.29, 0.717) is 18.2 Å². The number of hydrazine groups is 1. The normalized spacial score (nSPS) is 22.6. The van der Waals surface area contributed by atoms with Crippen LogP contribution in [0.1, 0.15) is 55.4 Å². The van der Waals surface area contributed by atoms with E-state index in [1.54, 1.807) is 0 Å². The Morgan fingerprint density at radius 2 is 1.66 bits per heavy atom. The SMILES string of the molecule is O=C1CCC2(CCCCC2)n2c1cc1cnc(Nc3ccc(N4CCN(N5CCOCC5)CC4)cn3)nc12. The second kappa shape index (κ2) is 9.91. The Hall–Kier alpha value is -3.08. The molecule has 1 aliphatic carbocycles. The van der Waals surface area contributed by atoms with Gasteiger partial charge in [-0.2, -0.15) is 4.98 Å². The largest absolute Gasteiger partial charge is 0.379 e. The number of aromatic nitrogens is 4. The van der Waals surface area contributed by atoms with Crippen molar-refractivity contribution in [1.29, 1.82) is 0 Å². The fourth-order valence-corrected chi connectivity index (χ4v) is 6.84. The fourth-order valence-electron chi connectivity index (χ4n) is 6.84. The summed E-state index contributed by atoms with van der Waals surface area (Å²) in [5.41, 5.74) is 2.81. The average molecular weight is 517 g/mol. The lowest BCUT2D eigenvalue weighted by atomic mass is 9.75. The molecule has 7 rings (SSSR count). The molecule has 3 fully saturated rings. The summed E-state index contributed by atoms with van der Waals surface area (Å²) in [4.78, 5) is 29.3. The number of carbonyl (C=O) groups is 1. The number of nitrogens with one attached hydrogen (secondary N) is 1. The minimum atomic E-state index is 0.0144. The van der Waals surface area contributed by atoms with E-state index < -0.39 is 0 Å². The Labute approximate surface area is 223 Å². The number of piperazine rings is 1. The van der Waals surface area contributed by atoms with Gasteiger partial charge in [0.15, 0.2) is 5.78 Å². The molecule has 200 valence electrons. The van der Waals surface area contributed by atoms with Crippen LogP contribution in [0.3, 0.4) is 0 Å². The third-order valence-corrected chi connectivity index (χ3v) is 8.90. The Bertz CT molecular complexity index is 1300. The van der Waals surface area contributed by atoms with E-state index in [2.05, 4.69) is 40.8 Å². The fraction of sp³-hybridized carbons (Fsp3) is 0.571. The minimum absolute atomic E-state index is 0.0144. The highest BCUT2D eigenvalue weighted by molar-refractivity contribution is 6.00. The van der Waals surface area contributed by atoms with E-state index in [4.69, 9.17) is 9.72 Å². The van der Waals surface area contributed by atoms with Gasteiger partial charge in [-0.1, -0.05) is 19.3 Å². The van der Waals surface area contributed by atoms with Crippen LogP contribution >= 0.6 is 0 Å². The molecule has 6 heterocycles. The number of pyridine rings is 1. The maximum Gasteiger partial charge on any atom is 0.230 e. The van der Waals surface area contributed by atoms with Crippen molar-refractivity contribution in [3.8, 4) is 0 Å². The molecule has 0 unspecified atom stereocenters. The first kappa shape index (κ1) is 24.0. The molecule has 1 N–H and O–H groups in total. The zero-order valence-corrected chi connectivity index (χ0v) is 21.9. The van der Waals surface area contributed by atoms with E-state index in [0.717, 1.165) is 94.2 Å². The molecule has 4 aliphatic rings. The number of ketones is 1. The molecule has 1 saturated carbocycles. The third-order valence-electron chi connectivity index (χ3n) is 8.90. The second-order valence-corrected chi connectivity index (χ2v) is 11.1. The quantitative estimate of drug-likeness (QED) is 0.559. The molecule has 0 atom stereocenters. The van der Waals surface area contributed by atoms with Gasteiger partial charge in [0.1, 0.15) is 11.5 Å². The zero-order chi connectivity index (χ0) is 25.5. The van der Waals surface area contributed by atoms with Crippen molar-refractivity contribution in [3.63, 3.8) is 0 Å². The Morgan fingerprint density at radius 3 is 2.42 bits per heavy atom. The van der Waals surface area contributed by atoms with Crippen molar-refractivity contribution in [2.24, 2.45) is 0 Å². The van der Waals surface area contributed by atoms with Crippen LogP contribution < -0.4 is 10.2 Å². The minimum Gasteiger partial charge on any atom is -0.379 e. The van der Waals surface area contributed by atoms with E-state index in [9.17, 15) is 4.79 Å². The molecule has 0 amide bonds. The maximum atomic E-state index is 12.8. The number of hydrogen-bond acceptors (Lipinski definition) is 9. The number of rotatable bonds is 4. The van der Waals surface area contributed by atoms with Crippen molar-refractivity contribution in [1.82, 2.24) is 29.5 Å². The van der Waals surface area contributed by atoms with Crippen LogP contribution in [0.2, 0.25) is 0 Å². The van der Waals surface area contributed by atoms with E-state index in [-0.39, 0.29) is 11.3 Å². The number of hydrogen-bond donors (Lipinski definition) is 1. The Morgan fingerprint density at radius 1 is 0.868 bits per heavy atom. The number of anilines is 3. The number of Topliss-reactive ketones (excluding diaryl/α,β-unsaturated/α-hetero) is 1. The van der Waals surface area contributed by atoms with Gasteiger partial charge >= 0.3 is 0 Å². The first-order chi connectivity index (χ1) is 18.7. The van der Waals surface area contributed by atoms with Crippen molar-refractivity contribution in [2.45, 2.75) is 50.5 Å². The number of morpholine rings is 1. The van der Waals surface area contributed by atoms with Gasteiger partial charge in [-0.25, -0.2) is 20.0 Å². The van der Waals surface area contributed by atoms with Crippen molar-refractivity contribution in [2.75, 3.05) is 62.7 Å². The van der Waals surface area contributed by atoms with Gasteiger partial charge < -0.3 is 19.5 Å². The molecule has 38 heavy (non-hydrogen) atoms. The monoisotopic (exact) mass is 516 g/mol. The molecule has 3 aromatic heterocycles. The standard InChI is InChI=1S/C28H36N8O2/c37-24-6-9-28(7-2-1-3-8-28)36-23(24)18-21-19-30-27(32-26(21)36)31-25-5-4-22(20-29-25)33-10-12-34(13-11-33)35-14-16-38-17-15-35/h4-5,18-20H,1-3,6-17H2,(H,29,30,31,32). The topological polar surface area (TPSA) is 91.7 Å². The van der Waals surface area contributed by atoms with E-state index in [1.165, 1.54) is 19.3 Å². The summed E-state index contributed by atoms with van der Waals surface area (Å²) in [6.45, 7) is 7.59. The molecular weight excluding hydrogens is 480 g/mol. The molecule has 3 aliphatic heterocycles. The number of fused-ring (bicyclic) bond motifs is 4. The smallest absolute Gasteiger partial charge is 0.230 e. The molecule has 0 bridgehead atoms. The van der Waals surface area contributed by atoms with Gasteiger partial charge in [0.25, 0.3) is 0 Å². The first-order valence-electron chi connectivity index (χ1n) is 14.2. The maximum absolute atomic E-state index is 12.8. The van der Waals surface area contributed by atoms with Crippen molar-refractivity contribution in [3.05, 3.63) is 36.3 Å². The summed E-state index contributed by atoms with van der Waals surface area (Å²) in [7, 11) is 0. The summed E-state index contributed by atoms with van der Waals surface area (Å²) >= 11 is 0. The van der Waals surface area contributed by atoms with Gasteiger partial charge in [-0.05, 0) is 37.5 Å². The number of nitrogens with zero attached hydrogens (tertiary/aromatic N) is 7. The van der Waals surface area contributed by atoms with Crippen molar-refractivity contribution < 1.29 is 9.53 Å². The van der Waals surface area contributed by atoms with E-state index in [1.807, 2.05) is 24.5 Å². The second-order valence-electron chi connectivity index (χ2n) is 11.1. The highest BCUT2D eigenvalue weighted by atomic mass is 16.5. The summed E-state index contributed by atoms with van der Waals surface area (Å²) in [5, 5.41) is 9.12. The van der Waals surface area contributed by atoms with Crippen LogP contribution in [0.5, 0.6) is 0 Å². The molecule has 10 nitrogen and oxygen atoms in total. The van der Waals surface area contributed by atoms with Crippen LogP contribution in [0.25, 0.3) is 11.0 Å². The van der Waals surface area contributed by atoms with Crippen molar-refractivity contribution >= 4 is 34.3 Å². The summed E-state index contributed by atoms with van der Waals surface area (Å²) in [5.74, 6) is 1.45. The van der Waals surface area contributed by atoms with Gasteiger partial charge in [0.05, 0.1) is 30.8 Å². The third kappa shape index (κ3) is 4.34. The molecular formula is C28H36N8O2. The molecule has 0 radical (unpaired) electrons. The molecule has 2 saturated heterocycles. The lowest BCUT2D eigenvalue weighted by molar-refractivity contribution is -0.0919. The lowest BCUT2D eigenvalue weighted by Crippen LogP contribution is -2.56. The Balaban J connectivity index is 1.07. The molecule has 3 aromatic rings. The van der Waals surface area contributed by atoms with Crippen LogP contribution in [-0.2, 0) is 10.3 Å². The molecule has 1 spiro atoms. The van der Waals surface area contributed by atoms with Crippen LogP contribution in [-0.4, -0.2) is 87.8 Å². The highest BCUT2D eigenvalue weighted by Gasteiger charge is 2.41. The summed E-state index contributed by atoms with van der Waals surface area (Å²) in [6, 6.07) is 6.10.